The molecule has 0 spiro atoms. The average molecular weight is 911 g/mol. The molecule has 2 aliphatic heterocycles. The molecule has 63 heavy (non-hydrogen) atoms. The summed E-state index contributed by atoms with van der Waals surface area (Å²) < 4.78 is 17.4. The van der Waals surface area contributed by atoms with E-state index >= 15 is 0 Å². The molecule has 0 unspecified atom stereocenters. The molecule has 5 aromatic carbocycles. The number of rotatable bonds is 17. The maximum atomic E-state index is 14.7. The number of nitrogens with one attached hydrogen (secondary N) is 2. The Kier molecular flexibility index (Phi) is 15.0. The van der Waals surface area contributed by atoms with Crippen molar-refractivity contribution in [2.75, 3.05) is 88.4 Å². The Balaban J connectivity index is 0.975. The Morgan fingerprint density at radius 3 is 2.19 bits per heavy atom. The molecule has 0 radical (unpaired) electrons. The predicted molar refractivity (Wildman–Crippen MR) is 262 cm³/mol. The van der Waals surface area contributed by atoms with Gasteiger partial charge >= 0.3 is 0 Å². The minimum atomic E-state index is -4.10. The topological polar surface area (TPSA) is 114 Å². The molecule has 2 fully saturated rings. The standard InChI is InChI=1S/C49H60ClN7O4S2/c1-53(2)42-25-28-54(29-26-42)27-24-41(36-62-44-11-6-5-7-12-44)51-47-23-22-45(34-48(47)57(59)60)63(3,4,61)52-49(58)38-16-20-43(21-17-38)56-32-30-55(31-33-56)35-39-10-8-9-13-46(39)37-14-18-40(50)19-15-37/h5-23,34,41-42,51H,24-33,35-36H2,1-4H3,(H,52,58,61)/t41-/m1/s1. The first kappa shape index (κ1) is 46.2. The number of nitrogens with zero attached hydrogens (tertiary/aromatic N) is 5. The monoisotopic (exact) mass is 909 g/mol. The molecule has 1 amide bonds. The number of piperidine rings is 1. The largest absolute Gasteiger partial charge is 0.376 e. The van der Waals surface area contributed by atoms with E-state index < -0.39 is 20.1 Å². The van der Waals surface area contributed by atoms with Crippen LogP contribution in [0.5, 0.6) is 0 Å². The number of nitro benzene ring substituents is 1. The third-order valence-corrected chi connectivity index (χ3v) is 16.1. The third-order valence-electron chi connectivity index (χ3n) is 12.3. The van der Waals surface area contributed by atoms with Crippen molar-refractivity contribution in [1.82, 2.24) is 19.4 Å². The van der Waals surface area contributed by atoms with Crippen molar-refractivity contribution in [3.8, 4) is 11.1 Å². The van der Waals surface area contributed by atoms with Gasteiger partial charge in [0, 0.05) is 102 Å². The summed E-state index contributed by atoms with van der Waals surface area (Å²) in [7, 11) is 0.176. The minimum absolute atomic E-state index is 0.0649. The van der Waals surface area contributed by atoms with Gasteiger partial charge in [-0.15, -0.1) is 11.8 Å². The fourth-order valence-electron chi connectivity index (χ4n) is 8.47. The van der Waals surface area contributed by atoms with Gasteiger partial charge in [0.1, 0.15) is 5.69 Å². The Bertz CT molecular complexity index is 2400. The van der Waals surface area contributed by atoms with Gasteiger partial charge in [-0.2, -0.15) is 0 Å². The molecule has 334 valence electrons. The lowest BCUT2D eigenvalue weighted by Crippen LogP contribution is -2.48. The zero-order chi connectivity index (χ0) is 44.6. The van der Waals surface area contributed by atoms with Crippen LogP contribution in [0.2, 0.25) is 5.02 Å². The first-order valence-electron chi connectivity index (χ1n) is 21.7. The summed E-state index contributed by atoms with van der Waals surface area (Å²) >= 11 is 7.86. The van der Waals surface area contributed by atoms with E-state index in [1.54, 1.807) is 36.0 Å². The maximum absolute atomic E-state index is 14.7. The smallest absolute Gasteiger partial charge is 0.293 e. The van der Waals surface area contributed by atoms with Crippen molar-refractivity contribution in [2.45, 2.75) is 47.7 Å². The van der Waals surface area contributed by atoms with Crippen LogP contribution in [-0.4, -0.2) is 120 Å². The number of benzene rings is 5. The van der Waals surface area contributed by atoms with Crippen molar-refractivity contribution in [3.05, 3.63) is 148 Å². The van der Waals surface area contributed by atoms with Crippen molar-refractivity contribution >= 4 is 55.6 Å². The second-order valence-electron chi connectivity index (χ2n) is 17.5. The fraction of sp³-hybridized carbons (Fsp3) is 0.367. The van der Waals surface area contributed by atoms with E-state index in [4.69, 9.17) is 11.6 Å². The first-order valence-corrected chi connectivity index (χ1v) is 25.8. The van der Waals surface area contributed by atoms with Gasteiger partial charge in [0.15, 0.2) is 0 Å². The van der Waals surface area contributed by atoms with Crippen LogP contribution in [0.15, 0.2) is 131 Å². The normalized spacial score (nSPS) is 16.6. The molecule has 7 rings (SSSR count). The zero-order valence-corrected chi connectivity index (χ0v) is 39.1. The van der Waals surface area contributed by atoms with Crippen LogP contribution in [0.25, 0.3) is 11.1 Å². The molecule has 2 saturated heterocycles. The van der Waals surface area contributed by atoms with Gasteiger partial charge in [0.2, 0.25) is 0 Å². The summed E-state index contributed by atoms with van der Waals surface area (Å²) in [6.45, 7) is 7.21. The van der Waals surface area contributed by atoms with Crippen LogP contribution in [-0.2, 0) is 15.8 Å². The number of amides is 1. The quantitative estimate of drug-likeness (QED) is 0.0533. The van der Waals surface area contributed by atoms with E-state index in [9.17, 15) is 19.1 Å². The van der Waals surface area contributed by atoms with E-state index in [2.05, 4.69) is 92.3 Å². The van der Waals surface area contributed by atoms with Crippen LogP contribution < -0.4 is 14.9 Å². The Labute approximate surface area is 381 Å². The highest BCUT2D eigenvalue weighted by atomic mass is 35.5. The molecule has 11 nitrogen and oxygen atoms in total. The summed E-state index contributed by atoms with van der Waals surface area (Å²) in [6.07, 6.45) is 5.96. The van der Waals surface area contributed by atoms with Crippen LogP contribution in [0.3, 0.4) is 0 Å². The van der Waals surface area contributed by atoms with E-state index in [1.807, 2.05) is 42.5 Å². The number of halogens is 1. The van der Waals surface area contributed by atoms with Gasteiger partial charge in [-0.05, 0) is 133 Å². The lowest BCUT2D eigenvalue weighted by atomic mass is 9.99. The predicted octanol–water partition coefficient (Wildman–Crippen LogP) is 9.01. The molecule has 0 aliphatic carbocycles. The highest BCUT2D eigenvalue weighted by Crippen LogP contribution is 2.36. The maximum Gasteiger partial charge on any atom is 0.293 e. The van der Waals surface area contributed by atoms with Crippen LogP contribution in [0.1, 0.15) is 35.2 Å². The highest BCUT2D eigenvalue weighted by molar-refractivity contribution is 8.17. The average Bonchev–Trinajstić information content (AvgIpc) is 3.28. The molecule has 0 aromatic heterocycles. The number of likely N-dealkylation sites (tertiary alicyclic amines) is 1. The lowest BCUT2D eigenvalue weighted by Gasteiger charge is -2.37. The van der Waals surface area contributed by atoms with E-state index in [0.717, 1.165) is 92.8 Å². The molecule has 5 aromatic rings. The molecule has 0 saturated carbocycles. The molecule has 2 N–H and O–H groups in total. The number of nitro groups is 1. The molecular formula is C49H60ClN7O4S2. The van der Waals surface area contributed by atoms with Gasteiger partial charge in [-0.25, -0.2) is 0 Å². The Morgan fingerprint density at radius 2 is 1.52 bits per heavy atom. The second-order valence-corrected chi connectivity index (χ2v) is 23.3. The van der Waals surface area contributed by atoms with Gasteiger partial charge in [-0.1, -0.05) is 66.2 Å². The molecule has 2 heterocycles. The summed E-state index contributed by atoms with van der Waals surface area (Å²) in [4.78, 5) is 36.7. The molecule has 0 bridgehead atoms. The van der Waals surface area contributed by atoms with E-state index in [1.165, 1.54) is 29.7 Å². The summed E-state index contributed by atoms with van der Waals surface area (Å²) in [5, 5.41) is 16.8. The second kappa shape index (κ2) is 20.4. The molecule has 2 aliphatic rings. The van der Waals surface area contributed by atoms with Crippen LogP contribution in [0, 0.1) is 10.1 Å². The van der Waals surface area contributed by atoms with Crippen molar-refractivity contribution in [2.24, 2.45) is 0 Å². The highest BCUT2D eigenvalue weighted by Gasteiger charge is 2.33. The Hall–Kier alpha value is -4.76. The van der Waals surface area contributed by atoms with Gasteiger partial charge in [0.25, 0.3) is 11.6 Å². The van der Waals surface area contributed by atoms with Crippen molar-refractivity contribution in [1.29, 1.82) is 0 Å². The van der Waals surface area contributed by atoms with Gasteiger partial charge < -0.3 is 20.0 Å². The number of hydrogen-bond donors (Lipinski definition) is 2. The number of piperazine rings is 1. The van der Waals surface area contributed by atoms with Crippen LogP contribution >= 0.6 is 23.4 Å². The summed E-state index contributed by atoms with van der Waals surface area (Å²) in [5.41, 5.74) is 5.17. The number of anilines is 2. The van der Waals surface area contributed by atoms with Gasteiger partial charge in [-0.3, -0.25) is 28.7 Å². The van der Waals surface area contributed by atoms with Crippen molar-refractivity contribution in [3.63, 3.8) is 0 Å². The summed E-state index contributed by atoms with van der Waals surface area (Å²) in [6, 6.07) is 39.1. The van der Waals surface area contributed by atoms with E-state index in [-0.39, 0.29) is 16.6 Å². The van der Waals surface area contributed by atoms with Gasteiger partial charge in [0.05, 0.1) is 4.92 Å². The molecular weight excluding hydrogens is 850 g/mol. The van der Waals surface area contributed by atoms with E-state index in [0.29, 0.717) is 23.0 Å². The SMILES string of the molecule is CN(C)C1CCN(CC[C@H](CSc2ccccc2)Nc2ccc(S(C)(C)(=O)NC(=O)c3ccc(N4CCN(Cc5ccccc5-c5ccc(Cl)cc5)CC4)cc3)cc2[N+](=O)[O-])CC1. The zero-order valence-electron chi connectivity index (χ0n) is 36.8. The fourth-order valence-corrected chi connectivity index (χ4v) is 11.3. The summed E-state index contributed by atoms with van der Waals surface area (Å²) in [5.74, 6) is 0.203. The van der Waals surface area contributed by atoms with Crippen molar-refractivity contribution < 1.29 is 13.9 Å². The molecule has 1 atom stereocenters. The minimum Gasteiger partial charge on any atom is -0.376 e. The number of thioether (sulfide) groups is 1. The first-order chi connectivity index (χ1) is 30.2. The van der Waals surface area contributed by atoms with Crippen LogP contribution in [0.4, 0.5) is 17.1 Å². The number of carbonyl (C=O) groups is 1. The number of carbonyl (C=O) groups excluding carboxylic acids is 1. The number of hydrogen-bond acceptors (Lipinski definition) is 10. The Morgan fingerprint density at radius 1 is 0.857 bits per heavy atom. The third kappa shape index (κ3) is 12.3. The molecule has 14 heteroatoms. The lowest BCUT2D eigenvalue weighted by molar-refractivity contribution is -0.384.